The lowest BCUT2D eigenvalue weighted by Gasteiger charge is -2.29. The number of nitrogens with zero attached hydrogens (tertiary/aromatic N) is 1. The van der Waals surface area contributed by atoms with Crippen LogP contribution >= 0.6 is 0 Å². The van der Waals surface area contributed by atoms with Crippen LogP contribution in [-0.4, -0.2) is 17.4 Å². The van der Waals surface area contributed by atoms with Crippen molar-refractivity contribution in [3.05, 3.63) is 29.8 Å². The van der Waals surface area contributed by atoms with Crippen LogP contribution in [0.5, 0.6) is 0 Å². The fourth-order valence-electron chi connectivity index (χ4n) is 1.12. The molecule has 1 heterocycles. The van der Waals surface area contributed by atoms with Crippen LogP contribution in [0.3, 0.4) is 0 Å². The molecule has 3 nitrogen and oxygen atoms in total. The zero-order chi connectivity index (χ0) is 13.1. The number of halogens is 1. The molecule has 17 heavy (non-hydrogen) atoms. The molecule has 0 aromatic carbocycles. The SMILES string of the molecule is CC(C)C(C)(C)CNC(=O)c1ccc(F)nc1. The Morgan fingerprint density at radius 1 is 1.47 bits per heavy atom. The Bertz CT molecular complexity index is 385. The summed E-state index contributed by atoms with van der Waals surface area (Å²) in [5.74, 6) is -0.329. The van der Waals surface area contributed by atoms with Crippen LogP contribution in [0.4, 0.5) is 4.39 Å². The summed E-state index contributed by atoms with van der Waals surface area (Å²) >= 11 is 0. The van der Waals surface area contributed by atoms with E-state index < -0.39 is 5.95 Å². The Morgan fingerprint density at radius 2 is 2.12 bits per heavy atom. The maximum atomic E-state index is 12.6. The van der Waals surface area contributed by atoms with Crippen LogP contribution in [0.2, 0.25) is 0 Å². The third-order valence-electron chi connectivity index (χ3n) is 3.26. The number of carbonyl (C=O) groups excluding carboxylic acids is 1. The predicted molar refractivity (Wildman–Crippen MR) is 65.1 cm³/mol. The van der Waals surface area contributed by atoms with Crippen LogP contribution in [0.15, 0.2) is 18.3 Å². The average molecular weight is 238 g/mol. The highest BCUT2D eigenvalue weighted by molar-refractivity contribution is 5.93. The van der Waals surface area contributed by atoms with Crippen molar-refractivity contribution < 1.29 is 9.18 Å². The topological polar surface area (TPSA) is 42.0 Å². The molecule has 0 aliphatic rings. The van der Waals surface area contributed by atoms with Gasteiger partial charge < -0.3 is 5.32 Å². The zero-order valence-corrected chi connectivity index (χ0v) is 10.7. The Hall–Kier alpha value is -1.45. The van der Waals surface area contributed by atoms with Gasteiger partial charge in [0.15, 0.2) is 0 Å². The number of amides is 1. The van der Waals surface area contributed by atoms with E-state index in [1.165, 1.54) is 18.3 Å². The molecule has 0 aliphatic heterocycles. The first-order valence-electron chi connectivity index (χ1n) is 5.72. The van der Waals surface area contributed by atoms with Gasteiger partial charge >= 0.3 is 0 Å². The number of aromatic nitrogens is 1. The van der Waals surface area contributed by atoms with E-state index >= 15 is 0 Å². The van der Waals surface area contributed by atoms with E-state index in [0.717, 1.165) is 0 Å². The van der Waals surface area contributed by atoms with E-state index in [9.17, 15) is 9.18 Å². The summed E-state index contributed by atoms with van der Waals surface area (Å²) in [6, 6.07) is 2.61. The van der Waals surface area contributed by atoms with Gasteiger partial charge in [-0.2, -0.15) is 4.39 Å². The second-order valence-electron chi connectivity index (χ2n) is 5.20. The molecule has 1 N–H and O–H groups in total. The van der Waals surface area contributed by atoms with Gasteiger partial charge in [0.05, 0.1) is 5.56 Å². The van der Waals surface area contributed by atoms with Gasteiger partial charge in [0.1, 0.15) is 0 Å². The second kappa shape index (κ2) is 5.25. The first-order valence-corrected chi connectivity index (χ1v) is 5.72. The lowest BCUT2D eigenvalue weighted by molar-refractivity contribution is 0.0924. The van der Waals surface area contributed by atoms with E-state index in [1.807, 2.05) is 0 Å². The highest BCUT2D eigenvalue weighted by Gasteiger charge is 2.23. The monoisotopic (exact) mass is 238 g/mol. The Kier molecular flexibility index (Phi) is 4.21. The molecule has 4 heteroatoms. The zero-order valence-electron chi connectivity index (χ0n) is 10.7. The standard InChI is InChI=1S/C13H19FN2O/c1-9(2)13(3,4)8-16-12(17)10-5-6-11(14)15-7-10/h5-7,9H,8H2,1-4H3,(H,16,17). The van der Waals surface area contributed by atoms with E-state index in [1.54, 1.807) is 0 Å². The number of nitrogens with one attached hydrogen (secondary N) is 1. The van der Waals surface area contributed by atoms with Crippen molar-refractivity contribution >= 4 is 5.91 Å². The fourth-order valence-corrected chi connectivity index (χ4v) is 1.12. The number of rotatable bonds is 4. The summed E-state index contributed by atoms with van der Waals surface area (Å²) in [4.78, 5) is 15.2. The third-order valence-corrected chi connectivity index (χ3v) is 3.26. The highest BCUT2D eigenvalue weighted by Crippen LogP contribution is 2.24. The summed E-state index contributed by atoms with van der Waals surface area (Å²) in [5.41, 5.74) is 0.411. The summed E-state index contributed by atoms with van der Waals surface area (Å²) in [5, 5.41) is 2.84. The number of hydrogen-bond donors (Lipinski definition) is 1. The first kappa shape index (κ1) is 13.6. The van der Waals surface area contributed by atoms with E-state index in [4.69, 9.17) is 0 Å². The molecule has 0 atom stereocenters. The Labute approximate surface area is 101 Å². The minimum absolute atomic E-state index is 0.0309. The number of carbonyl (C=O) groups is 1. The van der Waals surface area contributed by atoms with Gasteiger partial charge in [0.25, 0.3) is 5.91 Å². The van der Waals surface area contributed by atoms with Crippen molar-refractivity contribution in [1.82, 2.24) is 10.3 Å². The summed E-state index contributed by atoms with van der Waals surface area (Å²) in [7, 11) is 0. The molecule has 0 spiro atoms. The van der Waals surface area contributed by atoms with Crippen molar-refractivity contribution in [2.45, 2.75) is 27.7 Å². The molecule has 0 radical (unpaired) electrons. The van der Waals surface area contributed by atoms with Crippen LogP contribution in [0.1, 0.15) is 38.1 Å². The maximum absolute atomic E-state index is 12.6. The van der Waals surface area contributed by atoms with Gasteiger partial charge in [-0.15, -0.1) is 0 Å². The molecule has 1 amide bonds. The van der Waals surface area contributed by atoms with Crippen molar-refractivity contribution in [3.8, 4) is 0 Å². The van der Waals surface area contributed by atoms with Gasteiger partial charge in [-0.05, 0) is 23.5 Å². The molecule has 0 bridgehead atoms. The number of hydrogen-bond acceptors (Lipinski definition) is 2. The highest BCUT2D eigenvalue weighted by atomic mass is 19.1. The normalized spacial score (nSPS) is 11.6. The molecular formula is C13H19FN2O. The van der Waals surface area contributed by atoms with Gasteiger partial charge in [0, 0.05) is 12.7 Å². The lowest BCUT2D eigenvalue weighted by atomic mass is 9.81. The van der Waals surface area contributed by atoms with Crippen molar-refractivity contribution in [3.63, 3.8) is 0 Å². The summed E-state index contributed by atoms with van der Waals surface area (Å²) in [6.07, 6.45) is 1.24. The van der Waals surface area contributed by atoms with Crippen molar-refractivity contribution in [1.29, 1.82) is 0 Å². The van der Waals surface area contributed by atoms with E-state index in [2.05, 4.69) is 38.0 Å². The molecule has 0 fully saturated rings. The molecule has 0 saturated carbocycles. The number of pyridine rings is 1. The molecule has 1 aromatic rings. The van der Waals surface area contributed by atoms with Gasteiger partial charge in [-0.3, -0.25) is 4.79 Å². The molecule has 0 aliphatic carbocycles. The van der Waals surface area contributed by atoms with Gasteiger partial charge in [-0.25, -0.2) is 4.98 Å². The third kappa shape index (κ3) is 3.80. The van der Waals surface area contributed by atoms with Crippen LogP contribution in [-0.2, 0) is 0 Å². The largest absolute Gasteiger partial charge is 0.351 e. The minimum atomic E-state index is -0.580. The maximum Gasteiger partial charge on any atom is 0.252 e. The van der Waals surface area contributed by atoms with E-state index in [0.29, 0.717) is 18.0 Å². The minimum Gasteiger partial charge on any atom is -0.351 e. The quantitative estimate of drug-likeness (QED) is 0.819. The summed E-state index contributed by atoms with van der Waals surface area (Å²) in [6.45, 7) is 9.01. The molecule has 0 saturated heterocycles. The average Bonchev–Trinajstić information content (AvgIpc) is 2.27. The van der Waals surface area contributed by atoms with E-state index in [-0.39, 0.29) is 11.3 Å². The molecular weight excluding hydrogens is 219 g/mol. The Balaban J connectivity index is 2.59. The molecule has 0 unspecified atom stereocenters. The van der Waals surface area contributed by atoms with Crippen LogP contribution < -0.4 is 5.32 Å². The second-order valence-corrected chi connectivity index (χ2v) is 5.20. The fraction of sp³-hybridized carbons (Fsp3) is 0.538. The molecule has 1 aromatic heterocycles. The van der Waals surface area contributed by atoms with Crippen LogP contribution in [0.25, 0.3) is 0 Å². The van der Waals surface area contributed by atoms with Crippen molar-refractivity contribution in [2.24, 2.45) is 11.3 Å². The lowest BCUT2D eigenvalue weighted by Crippen LogP contribution is -2.37. The predicted octanol–water partition coefficient (Wildman–Crippen LogP) is 2.63. The van der Waals surface area contributed by atoms with Crippen LogP contribution in [0, 0.1) is 17.3 Å². The smallest absolute Gasteiger partial charge is 0.252 e. The Morgan fingerprint density at radius 3 is 2.59 bits per heavy atom. The summed E-state index contributed by atoms with van der Waals surface area (Å²) < 4.78 is 12.6. The van der Waals surface area contributed by atoms with Gasteiger partial charge in [0.2, 0.25) is 5.95 Å². The van der Waals surface area contributed by atoms with Gasteiger partial charge in [-0.1, -0.05) is 27.7 Å². The molecule has 1 rings (SSSR count). The first-order chi connectivity index (χ1) is 7.83. The molecule has 94 valence electrons. The van der Waals surface area contributed by atoms with Crippen molar-refractivity contribution in [2.75, 3.05) is 6.54 Å².